The van der Waals surface area contributed by atoms with Crippen LogP contribution < -0.4 is 4.74 Å². The number of nitrogens with zero attached hydrogens (tertiary/aromatic N) is 4. The summed E-state index contributed by atoms with van der Waals surface area (Å²) in [4.78, 5) is 4.79. The van der Waals surface area contributed by atoms with E-state index in [9.17, 15) is 0 Å². The van der Waals surface area contributed by atoms with Gasteiger partial charge in [0.15, 0.2) is 0 Å². The largest absolute Gasteiger partial charge is 0.457 e. The molecule has 7 rings (SSSR count). The van der Waals surface area contributed by atoms with Crippen LogP contribution in [0.25, 0.3) is 44.4 Å². The van der Waals surface area contributed by atoms with E-state index >= 15 is 0 Å². The molecule has 0 N–H and O–H groups in total. The van der Waals surface area contributed by atoms with E-state index in [4.69, 9.17) is 14.8 Å². The molecule has 230 valence electrons. The Morgan fingerprint density at radius 3 is 2.43 bits per heavy atom. The average molecular weight is 605 g/mol. The number of hydrogen-bond acceptors (Lipinski definition) is 3. The highest BCUT2D eigenvalue weighted by Gasteiger charge is 2.16. The zero-order valence-corrected chi connectivity index (χ0v) is 27.2. The van der Waals surface area contributed by atoms with Crippen molar-refractivity contribution in [3.8, 4) is 34.1 Å². The molecule has 0 bridgehead atoms. The Labute approximate surface area is 271 Å². The second kappa shape index (κ2) is 12.3. The maximum absolute atomic E-state index is 6.51. The first-order chi connectivity index (χ1) is 22.4. The Balaban J connectivity index is 1.23. The Morgan fingerprint density at radius 2 is 1.59 bits per heavy atom. The molecular formula is C41H40N4O. The van der Waals surface area contributed by atoms with Gasteiger partial charge in [-0.05, 0) is 89.9 Å². The van der Waals surface area contributed by atoms with Crippen molar-refractivity contribution in [3.63, 3.8) is 0 Å². The number of benzene rings is 4. The molecule has 5 nitrogen and oxygen atoms in total. The molecule has 4 aromatic carbocycles. The summed E-state index contributed by atoms with van der Waals surface area (Å²) < 4.78 is 10.7. The fraction of sp³-hybridized carbons (Fsp3) is 0.220. The molecule has 46 heavy (non-hydrogen) atoms. The molecule has 3 aromatic heterocycles. The van der Waals surface area contributed by atoms with Crippen molar-refractivity contribution in [1.29, 1.82) is 0 Å². The third-order valence-electron chi connectivity index (χ3n) is 9.12. The number of fused-ring (bicyclic) bond motifs is 3. The predicted octanol–water partition coefficient (Wildman–Crippen LogP) is 10.8. The summed E-state index contributed by atoms with van der Waals surface area (Å²) in [7, 11) is 0. The summed E-state index contributed by atoms with van der Waals surface area (Å²) >= 11 is 0. The summed E-state index contributed by atoms with van der Waals surface area (Å²) in [6, 6.07) is 33.8. The van der Waals surface area contributed by atoms with Gasteiger partial charge in [0.2, 0.25) is 0 Å². The van der Waals surface area contributed by atoms with E-state index in [2.05, 4.69) is 118 Å². The van der Waals surface area contributed by atoms with Gasteiger partial charge in [0.1, 0.15) is 17.3 Å². The highest BCUT2D eigenvalue weighted by atomic mass is 16.5. The van der Waals surface area contributed by atoms with Crippen molar-refractivity contribution >= 4 is 21.8 Å². The van der Waals surface area contributed by atoms with E-state index in [1.54, 1.807) is 0 Å². The van der Waals surface area contributed by atoms with Crippen molar-refractivity contribution in [1.82, 2.24) is 19.3 Å². The lowest BCUT2D eigenvalue weighted by Crippen LogP contribution is -2.01. The minimum Gasteiger partial charge on any atom is -0.457 e. The number of ether oxygens (including phenoxy) is 1. The van der Waals surface area contributed by atoms with Crippen molar-refractivity contribution in [2.75, 3.05) is 0 Å². The molecule has 0 amide bonds. The van der Waals surface area contributed by atoms with Crippen LogP contribution in [-0.2, 0) is 6.42 Å². The molecule has 3 heterocycles. The first-order valence-corrected chi connectivity index (χ1v) is 16.3. The smallest absolute Gasteiger partial charge is 0.137 e. The minimum atomic E-state index is 0.412. The zero-order chi connectivity index (χ0) is 31.8. The Bertz CT molecular complexity index is 2170. The summed E-state index contributed by atoms with van der Waals surface area (Å²) in [6.45, 7) is 11.2. The number of aromatic nitrogens is 4. The highest BCUT2D eigenvalue weighted by molar-refractivity contribution is 6.09. The predicted molar refractivity (Wildman–Crippen MR) is 190 cm³/mol. The zero-order valence-electron chi connectivity index (χ0n) is 27.2. The van der Waals surface area contributed by atoms with Crippen LogP contribution in [0.4, 0.5) is 0 Å². The number of pyridine rings is 1. The topological polar surface area (TPSA) is 44.9 Å². The summed E-state index contributed by atoms with van der Waals surface area (Å²) in [5, 5.41) is 7.13. The summed E-state index contributed by atoms with van der Waals surface area (Å²) in [6.07, 6.45) is 8.24. The van der Waals surface area contributed by atoms with Crippen LogP contribution in [0.2, 0.25) is 0 Å². The highest BCUT2D eigenvalue weighted by Crippen LogP contribution is 2.36. The van der Waals surface area contributed by atoms with Gasteiger partial charge in [0.05, 0.1) is 22.9 Å². The van der Waals surface area contributed by atoms with E-state index in [1.165, 1.54) is 33.0 Å². The molecule has 0 aliphatic rings. The van der Waals surface area contributed by atoms with Gasteiger partial charge in [0, 0.05) is 40.9 Å². The maximum Gasteiger partial charge on any atom is 0.137 e. The lowest BCUT2D eigenvalue weighted by atomic mass is 9.90. The van der Waals surface area contributed by atoms with Crippen LogP contribution in [0, 0.1) is 12.8 Å². The van der Waals surface area contributed by atoms with E-state index in [1.807, 2.05) is 41.3 Å². The number of rotatable bonds is 9. The Kier molecular flexibility index (Phi) is 7.91. The van der Waals surface area contributed by atoms with Gasteiger partial charge in [-0.3, -0.25) is 4.57 Å². The van der Waals surface area contributed by atoms with Crippen molar-refractivity contribution in [3.05, 3.63) is 132 Å². The van der Waals surface area contributed by atoms with E-state index in [0.29, 0.717) is 11.8 Å². The van der Waals surface area contributed by atoms with Crippen molar-refractivity contribution < 1.29 is 4.74 Å². The molecule has 0 radical (unpaired) electrons. The molecule has 0 saturated carbocycles. The lowest BCUT2D eigenvalue weighted by Gasteiger charge is -2.14. The maximum atomic E-state index is 6.51. The van der Waals surface area contributed by atoms with E-state index < -0.39 is 0 Å². The van der Waals surface area contributed by atoms with Crippen LogP contribution >= 0.6 is 0 Å². The van der Waals surface area contributed by atoms with Crippen LogP contribution in [0.3, 0.4) is 0 Å². The third-order valence-corrected chi connectivity index (χ3v) is 9.12. The van der Waals surface area contributed by atoms with Gasteiger partial charge >= 0.3 is 0 Å². The van der Waals surface area contributed by atoms with Crippen molar-refractivity contribution in [2.24, 2.45) is 5.92 Å². The molecular weight excluding hydrogens is 564 g/mol. The molecule has 0 aliphatic carbocycles. The van der Waals surface area contributed by atoms with E-state index in [-0.39, 0.29) is 0 Å². The first-order valence-electron chi connectivity index (χ1n) is 16.3. The first kappa shape index (κ1) is 29.5. The normalized spacial score (nSPS) is 12.3. The van der Waals surface area contributed by atoms with Gasteiger partial charge in [-0.25, -0.2) is 9.67 Å². The monoisotopic (exact) mass is 604 g/mol. The average Bonchev–Trinajstić information content (AvgIpc) is 3.68. The SMILES string of the molecule is CCC(C)Cc1cccc(C)c1-c1cnn(-c2cccc(Oc3ccc4c5ccccc5n(-c5cc(C(C)C)ccn5)c4c3)c2)c1. The van der Waals surface area contributed by atoms with E-state index in [0.717, 1.165) is 52.4 Å². The Hall–Kier alpha value is -5.16. The van der Waals surface area contributed by atoms with Gasteiger partial charge in [-0.15, -0.1) is 0 Å². The molecule has 0 saturated heterocycles. The third kappa shape index (κ3) is 5.58. The number of aryl methyl sites for hydroxylation is 1. The number of hydrogen-bond donors (Lipinski definition) is 0. The fourth-order valence-electron chi connectivity index (χ4n) is 6.43. The van der Waals surface area contributed by atoms with Crippen LogP contribution in [0.5, 0.6) is 11.5 Å². The molecule has 5 heteroatoms. The van der Waals surface area contributed by atoms with Crippen LogP contribution in [0.15, 0.2) is 116 Å². The summed E-state index contributed by atoms with van der Waals surface area (Å²) in [5.41, 5.74) is 9.48. The molecule has 1 unspecified atom stereocenters. The second-order valence-corrected chi connectivity index (χ2v) is 12.7. The van der Waals surface area contributed by atoms with Gasteiger partial charge in [-0.1, -0.05) is 76.6 Å². The number of para-hydroxylation sites is 1. The summed E-state index contributed by atoms with van der Waals surface area (Å²) in [5.74, 6) is 3.48. The van der Waals surface area contributed by atoms with Gasteiger partial charge < -0.3 is 4.74 Å². The van der Waals surface area contributed by atoms with Gasteiger partial charge in [-0.2, -0.15) is 5.10 Å². The minimum absolute atomic E-state index is 0.412. The van der Waals surface area contributed by atoms with Crippen LogP contribution in [0.1, 0.15) is 56.7 Å². The molecule has 7 aromatic rings. The second-order valence-electron chi connectivity index (χ2n) is 12.7. The standard InChI is InChI=1S/C41H40N4O/c1-6-28(4)21-31-12-9-11-29(5)41(31)32-25-43-44(26-32)33-13-10-14-34(23-33)46-35-17-18-37-36-15-7-8-16-38(36)45(39(37)24-35)40-22-30(27(2)3)19-20-42-40/h7-20,22-28H,6,21H2,1-5H3. The molecule has 1 atom stereocenters. The molecule has 0 aliphatic heterocycles. The molecule has 0 spiro atoms. The van der Waals surface area contributed by atoms with Crippen LogP contribution in [-0.4, -0.2) is 19.3 Å². The van der Waals surface area contributed by atoms with Gasteiger partial charge in [0.25, 0.3) is 0 Å². The Morgan fingerprint density at radius 1 is 0.783 bits per heavy atom. The lowest BCUT2D eigenvalue weighted by molar-refractivity contribution is 0.483. The van der Waals surface area contributed by atoms with Crippen molar-refractivity contribution in [2.45, 2.75) is 53.4 Å². The molecule has 0 fully saturated rings. The quantitative estimate of drug-likeness (QED) is 0.165. The fourth-order valence-corrected chi connectivity index (χ4v) is 6.43.